The van der Waals surface area contributed by atoms with Gasteiger partial charge in [-0.1, -0.05) is 25.6 Å². The van der Waals surface area contributed by atoms with Gasteiger partial charge >= 0.3 is 0 Å². The van der Waals surface area contributed by atoms with Crippen molar-refractivity contribution in [2.24, 2.45) is 0 Å². The maximum Gasteiger partial charge on any atom is -0.0241 e. The van der Waals surface area contributed by atoms with Crippen molar-refractivity contribution in [3.63, 3.8) is 0 Å². The van der Waals surface area contributed by atoms with Gasteiger partial charge in [-0.15, -0.1) is 6.89 Å². The van der Waals surface area contributed by atoms with Crippen molar-refractivity contribution >= 4 is 12.2 Å². The van der Waals surface area contributed by atoms with E-state index in [0.29, 0.717) is 0 Å². The molecule has 72 valence electrons. The first-order chi connectivity index (χ1) is 5.59. The molecule has 0 spiro atoms. The van der Waals surface area contributed by atoms with Crippen molar-refractivity contribution in [2.75, 3.05) is 13.3 Å². The number of hydrogen-bond acceptors (Lipinski definition) is 0. The van der Waals surface area contributed by atoms with Gasteiger partial charge in [0.05, 0.1) is 0 Å². The molecule has 0 bridgehead atoms. The Morgan fingerprint density at radius 2 is 2.08 bits per heavy atom. The summed E-state index contributed by atoms with van der Waals surface area (Å²) >= 11 is 0. The van der Waals surface area contributed by atoms with Gasteiger partial charge in [0.15, 0.2) is 0 Å². The minimum Gasteiger partial charge on any atom is -0.109 e. The van der Waals surface area contributed by atoms with E-state index < -0.39 is 6.89 Å². The third-order valence-electron chi connectivity index (χ3n) is 3.59. The Balaban J connectivity index is 2.67. The summed E-state index contributed by atoms with van der Waals surface area (Å²) in [5.41, 5.74) is 1.02. The quantitative estimate of drug-likeness (QED) is 0.588. The number of unbranched alkanes of at least 4 members (excludes halogenated alkanes) is 1. The van der Waals surface area contributed by atoms with E-state index in [4.69, 9.17) is 0 Å². The lowest BCUT2D eigenvalue weighted by Crippen LogP contribution is -1.98. The smallest absolute Gasteiger partial charge is 0.0241 e. The van der Waals surface area contributed by atoms with E-state index >= 15 is 0 Å². The van der Waals surface area contributed by atoms with Gasteiger partial charge in [0, 0.05) is 0 Å². The molecule has 0 unspecified atom stereocenters. The molecular formula is C11H23P. The zero-order valence-electron chi connectivity index (χ0n) is 9.06. The third kappa shape index (κ3) is 1.96. The van der Waals surface area contributed by atoms with Gasteiger partial charge in [0.2, 0.25) is 0 Å². The monoisotopic (exact) mass is 186 g/mol. The summed E-state index contributed by atoms with van der Waals surface area (Å²) in [7, 11) is 0. The highest BCUT2D eigenvalue weighted by molar-refractivity contribution is 7.75. The van der Waals surface area contributed by atoms with Crippen molar-refractivity contribution in [3.8, 4) is 0 Å². The van der Waals surface area contributed by atoms with Gasteiger partial charge in [-0.25, -0.2) is 0 Å². The van der Waals surface area contributed by atoms with Crippen LogP contribution < -0.4 is 0 Å². The Morgan fingerprint density at radius 3 is 2.50 bits per heavy atom. The molecule has 0 aliphatic carbocycles. The molecule has 1 heteroatoms. The van der Waals surface area contributed by atoms with Gasteiger partial charge < -0.3 is 0 Å². The zero-order valence-corrected chi connectivity index (χ0v) is 9.95. The molecule has 12 heavy (non-hydrogen) atoms. The van der Waals surface area contributed by atoms with E-state index in [1.807, 2.05) is 5.29 Å². The van der Waals surface area contributed by atoms with Gasteiger partial charge in [-0.2, -0.15) is 0 Å². The van der Waals surface area contributed by atoms with Crippen LogP contribution in [0, 0.1) is 0 Å². The normalized spacial score (nSPS) is 28.0. The molecule has 1 aliphatic heterocycles. The Hall–Kier alpha value is 0.300. The fourth-order valence-electron chi connectivity index (χ4n) is 2.09. The predicted octanol–water partition coefficient (Wildman–Crippen LogP) is 3.81. The summed E-state index contributed by atoms with van der Waals surface area (Å²) in [5, 5.41) is 1.94. The molecule has 1 rings (SSSR count). The van der Waals surface area contributed by atoms with Crippen LogP contribution in [0.25, 0.3) is 0 Å². The molecule has 0 amide bonds. The van der Waals surface area contributed by atoms with Crippen LogP contribution in [0.4, 0.5) is 0 Å². The summed E-state index contributed by atoms with van der Waals surface area (Å²) < 4.78 is 0. The topological polar surface area (TPSA) is 0 Å². The molecule has 0 saturated carbocycles. The van der Waals surface area contributed by atoms with Crippen LogP contribution in [0.2, 0.25) is 0 Å². The summed E-state index contributed by atoms with van der Waals surface area (Å²) in [6.07, 6.45) is 7.13. The molecular weight excluding hydrogens is 163 g/mol. The summed E-state index contributed by atoms with van der Waals surface area (Å²) in [6, 6.07) is 0. The number of rotatable bonds is 3. The van der Waals surface area contributed by atoms with E-state index in [9.17, 15) is 0 Å². The van der Waals surface area contributed by atoms with Gasteiger partial charge in [0.25, 0.3) is 0 Å². The highest BCUT2D eigenvalue weighted by Crippen LogP contribution is 2.54. The molecule has 0 N–H and O–H groups in total. The lowest BCUT2D eigenvalue weighted by atomic mass is 10.1. The number of hydrogen-bond donors (Lipinski definition) is 0. The molecule has 0 nitrogen and oxygen atoms in total. The third-order valence-corrected chi connectivity index (χ3v) is 8.13. The molecule has 0 aromatic rings. The molecule has 0 aromatic carbocycles. The minimum atomic E-state index is -0.607. The van der Waals surface area contributed by atoms with Crippen LogP contribution in [0.3, 0.4) is 0 Å². The first-order valence-electron chi connectivity index (χ1n) is 5.28. The molecule has 0 aromatic heterocycles. The van der Waals surface area contributed by atoms with E-state index in [2.05, 4.69) is 27.2 Å². The van der Waals surface area contributed by atoms with E-state index in [1.54, 1.807) is 0 Å². The molecule has 0 fully saturated rings. The van der Waals surface area contributed by atoms with Crippen LogP contribution >= 0.6 is 6.89 Å². The zero-order chi connectivity index (χ0) is 9.19. The van der Waals surface area contributed by atoms with Crippen LogP contribution in [0.15, 0.2) is 0 Å². The molecule has 0 radical (unpaired) electrons. The van der Waals surface area contributed by atoms with Gasteiger partial charge in [-0.05, 0) is 44.7 Å². The van der Waals surface area contributed by atoms with E-state index in [-0.39, 0.29) is 0 Å². The van der Waals surface area contributed by atoms with Crippen molar-refractivity contribution in [3.05, 3.63) is 0 Å². The van der Waals surface area contributed by atoms with Crippen molar-refractivity contribution in [1.29, 1.82) is 0 Å². The molecule has 1 aliphatic rings. The fraction of sp³-hybridized carbons (Fsp3) is 0.909. The van der Waals surface area contributed by atoms with Crippen LogP contribution in [0.5, 0.6) is 0 Å². The van der Waals surface area contributed by atoms with Crippen molar-refractivity contribution in [1.82, 2.24) is 0 Å². The Labute approximate surface area is 77.7 Å². The second-order valence-corrected chi connectivity index (χ2v) is 9.19. The second kappa shape index (κ2) is 4.01. The van der Waals surface area contributed by atoms with Gasteiger partial charge in [0.1, 0.15) is 0 Å². The standard InChI is InChI=1S/C11H23P/c1-5-6-7-11-9-8-10(2)12(11,3)4/h10H,5-9H2,1-4H3/t10-/m1/s1. The lowest BCUT2D eigenvalue weighted by molar-refractivity contribution is 0.814. The van der Waals surface area contributed by atoms with Crippen molar-refractivity contribution < 1.29 is 0 Å². The highest BCUT2D eigenvalue weighted by Gasteiger charge is 2.25. The van der Waals surface area contributed by atoms with E-state index in [0.717, 1.165) is 5.66 Å². The molecule has 1 heterocycles. The maximum atomic E-state index is 2.54. The van der Waals surface area contributed by atoms with Crippen LogP contribution in [-0.4, -0.2) is 24.3 Å². The Morgan fingerprint density at radius 1 is 1.42 bits per heavy atom. The summed E-state index contributed by atoms with van der Waals surface area (Å²) in [4.78, 5) is 0. The minimum absolute atomic E-state index is 0.607. The highest BCUT2D eigenvalue weighted by atomic mass is 31.2. The molecule has 1 atom stereocenters. The first-order valence-corrected chi connectivity index (χ1v) is 8.03. The summed E-state index contributed by atoms with van der Waals surface area (Å²) in [5.74, 6) is 0. The fourth-order valence-corrected chi connectivity index (χ4v) is 4.93. The van der Waals surface area contributed by atoms with Crippen LogP contribution in [-0.2, 0) is 0 Å². The van der Waals surface area contributed by atoms with Gasteiger partial charge in [-0.3, -0.25) is 0 Å². The van der Waals surface area contributed by atoms with E-state index in [1.165, 1.54) is 32.1 Å². The molecule has 0 saturated heterocycles. The average Bonchev–Trinajstić information content (AvgIpc) is 2.25. The lowest BCUT2D eigenvalue weighted by Gasteiger charge is -2.20. The largest absolute Gasteiger partial charge is 0.109 e. The first kappa shape index (κ1) is 10.4. The average molecular weight is 186 g/mol. The Kier molecular flexibility index (Phi) is 3.47. The Bertz CT molecular complexity index is 197. The van der Waals surface area contributed by atoms with Crippen molar-refractivity contribution in [2.45, 2.75) is 51.6 Å². The SMILES string of the molecule is CCCCC1=P(C)(C)[C@H](C)CC1. The maximum absolute atomic E-state index is 2.54. The summed E-state index contributed by atoms with van der Waals surface area (Å²) in [6.45, 7) is 9.21. The second-order valence-electron chi connectivity index (χ2n) is 4.60. The predicted molar refractivity (Wildman–Crippen MR) is 62.0 cm³/mol. The van der Waals surface area contributed by atoms with Crippen LogP contribution in [0.1, 0.15) is 46.0 Å².